The summed E-state index contributed by atoms with van der Waals surface area (Å²) in [5, 5.41) is 3.09. The number of anilines is 1. The summed E-state index contributed by atoms with van der Waals surface area (Å²) < 4.78 is 20.6. The van der Waals surface area contributed by atoms with E-state index in [2.05, 4.69) is 10.1 Å². The summed E-state index contributed by atoms with van der Waals surface area (Å²) in [4.78, 5) is 24.0. The predicted octanol–water partition coefficient (Wildman–Crippen LogP) is 3.55. The van der Waals surface area contributed by atoms with Crippen molar-refractivity contribution in [3.8, 4) is 17.2 Å². The van der Waals surface area contributed by atoms with Gasteiger partial charge in [-0.2, -0.15) is 0 Å². The lowest BCUT2D eigenvalue weighted by atomic mass is 10.2. The lowest BCUT2D eigenvalue weighted by Gasteiger charge is -2.17. The quantitative estimate of drug-likeness (QED) is 0.724. The van der Waals surface area contributed by atoms with Crippen LogP contribution in [-0.4, -0.2) is 39.3 Å². The molecule has 8 heteroatoms. The fraction of sp³-hybridized carbons (Fsp3) is 0.263. The first kappa shape index (κ1) is 20.4. The molecule has 0 aromatic heterocycles. The summed E-state index contributed by atoms with van der Waals surface area (Å²) >= 11 is 6.05. The maximum atomic E-state index is 12.4. The highest BCUT2D eigenvalue weighted by Gasteiger charge is 2.19. The number of methoxy groups -OCH3 is 3. The molecule has 1 amide bonds. The highest BCUT2D eigenvalue weighted by atomic mass is 35.5. The Morgan fingerprint density at radius 2 is 1.63 bits per heavy atom. The van der Waals surface area contributed by atoms with Crippen molar-refractivity contribution in [1.82, 2.24) is 0 Å². The Hall–Kier alpha value is -2.93. The minimum absolute atomic E-state index is 0.310. The van der Waals surface area contributed by atoms with E-state index in [0.717, 1.165) is 0 Å². The van der Waals surface area contributed by atoms with Gasteiger partial charge >= 0.3 is 5.97 Å². The maximum Gasteiger partial charge on any atom is 0.337 e. The minimum Gasteiger partial charge on any atom is -0.495 e. The SMILES string of the molecule is COC(=O)c1ccc(OC(C)C(=O)Nc2ccc(OC)c(Cl)c2)c(OC)c1. The van der Waals surface area contributed by atoms with Crippen LogP contribution >= 0.6 is 11.6 Å². The molecular formula is C19H20ClNO6. The number of halogens is 1. The second kappa shape index (κ2) is 9.14. The zero-order chi connectivity index (χ0) is 20.0. The van der Waals surface area contributed by atoms with Gasteiger partial charge < -0.3 is 24.3 Å². The van der Waals surface area contributed by atoms with E-state index < -0.39 is 12.1 Å². The summed E-state index contributed by atoms with van der Waals surface area (Å²) in [5.74, 6) is 0.261. The number of amides is 1. The first-order valence-corrected chi connectivity index (χ1v) is 8.34. The molecule has 0 radical (unpaired) electrons. The fourth-order valence-electron chi connectivity index (χ4n) is 2.24. The fourth-order valence-corrected chi connectivity index (χ4v) is 2.50. The molecule has 0 heterocycles. The molecule has 2 aromatic rings. The van der Waals surface area contributed by atoms with E-state index in [1.165, 1.54) is 33.5 Å². The van der Waals surface area contributed by atoms with E-state index in [9.17, 15) is 9.59 Å². The van der Waals surface area contributed by atoms with Gasteiger partial charge in [0.2, 0.25) is 0 Å². The second-order valence-corrected chi connectivity index (χ2v) is 5.86. The van der Waals surface area contributed by atoms with Gasteiger partial charge in [0, 0.05) is 5.69 Å². The Kier molecular flexibility index (Phi) is 6.90. The van der Waals surface area contributed by atoms with E-state index in [0.29, 0.717) is 33.5 Å². The third-order valence-electron chi connectivity index (χ3n) is 3.68. The largest absolute Gasteiger partial charge is 0.495 e. The number of rotatable bonds is 7. The van der Waals surface area contributed by atoms with Crippen LogP contribution < -0.4 is 19.5 Å². The van der Waals surface area contributed by atoms with E-state index in [1.807, 2.05) is 0 Å². The van der Waals surface area contributed by atoms with Crippen LogP contribution in [0.25, 0.3) is 0 Å². The van der Waals surface area contributed by atoms with E-state index in [1.54, 1.807) is 31.2 Å². The van der Waals surface area contributed by atoms with Crippen LogP contribution in [0.2, 0.25) is 5.02 Å². The van der Waals surface area contributed by atoms with Crippen molar-refractivity contribution in [3.05, 3.63) is 47.0 Å². The van der Waals surface area contributed by atoms with Crippen LogP contribution in [0.3, 0.4) is 0 Å². The summed E-state index contributed by atoms with van der Waals surface area (Å²) in [7, 11) is 4.23. The van der Waals surface area contributed by atoms with Crippen molar-refractivity contribution in [3.63, 3.8) is 0 Å². The Bertz CT molecular complexity index is 839. The third kappa shape index (κ3) is 5.04. The van der Waals surface area contributed by atoms with Crippen molar-refractivity contribution >= 4 is 29.2 Å². The topological polar surface area (TPSA) is 83.1 Å². The molecule has 144 valence electrons. The van der Waals surface area contributed by atoms with Crippen LogP contribution in [0.5, 0.6) is 17.2 Å². The molecule has 0 fully saturated rings. The second-order valence-electron chi connectivity index (χ2n) is 5.46. The maximum absolute atomic E-state index is 12.4. The standard InChI is InChI=1S/C19H20ClNO6/c1-11(18(22)21-13-6-8-15(24-2)14(20)10-13)27-16-7-5-12(19(23)26-4)9-17(16)25-3/h5-11H,1-4H3,(H,21,22). The molecule has 0 aliphatic heterocycles. The molecule has 27 heavy (non-hydrogen) atoms. The first-order valence-electron chi connectivity index (χ1n) is 7.97. The smallest absolute Gasteiger partial charge is 0.337 e. The van der Waals surface area contributed by atoms with Crippen molar-refractivity contribution in [2.45, 2.75) is 13.0 Å². The van der Waals surface area contributed by atoms with Crippen LogP contribution in [0.15, 0.2) is 36.4 Å². The number of carbonyl (C=O) groups excluding carboxylic acids is 2. The molecule has 7 nitrogen and oxygen atoms in total. The van der Waals surface area contributed by atoms with Gasteiger partial charge in [0.1, 0.15) is 5.75 Å². The van der Waals surface area contributed by atoms with Gasteiger partial charge in [-0.3, -0.25) is 4.79 Å². The Balaban J connectivity index is 2.09. The summed E-state index contributed by atoms with van der Waals surface area (Å²) in [6, 6.07) is 9.45. The van der Waals surface area contributed by atoms with E-state index in [-0.39, 0.29) is 5.91 Å². The lowest BCUT2D eigenvalue weighted by molar-refractivity contribution is -0.122. The van der Waals surface area contributed by atoms with Gasteiger partial charge in [0.05, 0.1) is 31.9 Å². The van der Waals surface area contributed by atoms with Gasteiger partial charge in [-0.15, -0.1) is 0 Å². The van der Waals surface area contributed by atoms with Crippen molar-refractivity contribution in [2.24, 2.45) is 0 Å². The van der Waals surface area contributed by atoms with Gasteiger partial charge in [-0.05, 0) is 43.3 Å². The molecule has 0 spiro atoms. The Labute approximate surface area is 162 Å². The Morgan fingerprint density at radius 3 is 2.22 bits per heavy atom. The number of hydrogen-bond acceptors (Lipinski definition) is 6. The highest BCUT2D eigenvalue weighted by molar-refractivity contribution is 6.32. The molecule has 0 saturated heterocycles. The van der Waals surface area contributed by atoms with Crippen LogP contribution in [-0.2, 0) is 9.53 Å². The number of ether oxygens (including phenoxy) is 4. The normalized spacial score (nSPS) is 11.3. The monoisotopic (exact) mass is 393 g/mol. The molecule has 0 aliphatic carbocycles. The van der Waals surface area contributed by atoms with Crippen molar-refractivity contribution in [2.75, 3.05) is 26.6 Å². The molecule has 2 aromatic carbocycles. The molecule has 0 bridgehead atoms. The molecular weight excluding hydrogens is 374 g/mol. The average Bonchev–Trinajstić information content (AvgIpc) is 2.67. The highest BCUT2D eigenvalue weighted by Crippen LogP contribution is 2.30. The zero-order valence-electron chi connectivity index (χ0n) is 15.4. The number of nitrogens with one attached hydrogen (secondary N) is 1. The predicted molar refractivity (Wildman–Crippen MR) is 101 cm³/mol. The molecule has 0 saturated carbocycles. The lowest BCUT2D eigenvalue weighted by Crippen LogP contribution is -2.30. The zero-order valence-corrected chi connectivity index (χ0v) is 16.1. The van der Waals surface area contributed by atoms with Crippen LogP contribution in [0.4, 0.5) is 5.69 Å². The van der Waals surface area contributed by atoms with Crippen molar-refractivity contribution in [1.29, 1.82) is 0 Å². The van der Waals surface area contributed by atoms with Gasteiger partial charge in [0.15, 0.2) is 17.6 Å². The van der Waals surface area contributed by atoms with E-state index >= 15 is 0 Å². The summed E-state index contributed by atoms with van der Waals surface area (Å²) in [6.45, 7) is 1.59. The molecule has 1 N–H and O–H groups in total. The van der Waals surface area contributed by atoms with Gasteiger partial charge in [-0.25, -0.2) is 4.79 Å². The number of hydrogen-bond donors (Lipinski definition) is 1. The Morgan fingerprint density at radius 1 is 0.963 bits per heavy atom. The molecule has 2 rings (SSSR count). The van der Waals surface area contributed by atoms with Gasteiger partial charge in [0.25, 0.3) is 5.91 Å². The van der Waals surface area contributed by atoms with Crippen molar-refractivity contribution < 1.29 is 28.5 Å². The number of esters is 1. The van der Waals surface area contributed by atoms with Crippen LogP contribution in [0.1, 0.15) is 17.3 Å². The molecule has 1 atom stereocenters. The van der Waals surface area contributed by atoms with E-state index in [4.69, 9.17) is 25.8 Å². The van der Waals surface area contributed by atoms with Gasteiger partial charge in [-0.1, -0.05) is 11.6 Å². The summed E-state index contributed by atoms with van der Waals surface area (Å²) in [6.07, 6.45) is -0.830. The summed E-state index contributed by atoms with van der Waals surface area (Å²) in [5.41, 5.74) is 0.820. The molecule has 1 unspecified atom stereocenters. The molecule has 0 aliphatic rings. The number of carbonyl (C=O) groups is 2. The van der Waals surface area contributed by atoms with Crippen LogP contribution in [0, 0.1) is 0 Å². The third-order valence-corrected chi connectivity index (χ3v) is 3.97. The average molecular weight is 394 g/mol. The minimum atomic E-state index is -0.830. The first-order chi connectivity index (χ1) is 12.9. The number of benzene rings is 2.